The highest BCUT2D eigenvalue weighted by molar-refractivity contribution is 6.12. The van der Waals surface area contributed by atoms with Gasteiger partial charge in [0.15, 0.2) is 0 Å². The maximum absolute atomic E-state index is 10.5. The zero-order chi connectivity index (χ0) is 17.6. The Bertz CT molecular complexity index is 1080. The van der Waals surface area contributed by atoms with E-state index < -0.39 is 0 Å². The summed E-state index contributed by atoms with van der Waals surface area (Å²) in [6, 6.07) is 14.4. The van der Waals surface area contributed by atoms with Crippen LogP contribution in [0.3, 0.4) is 0 Å². The van der Waals surface area contributed by atoms with Gasteiger partial charge in [-0.2, -0.15) is 0 Å². The first-order valence-corrected chi connectivity index (χ1v) is 8.57. The number of benzene rings is 2. The number of hydrogen-bond acceptors (Lipinski definition) is 3. The first kappa shape index (κ1) is 15.5. The van der Waals surface area contributed by atoms with E-state index in [2.05, 4.69) is 44.2 Å². The van der Waals surface area contributed by atoms with Crippen LogP contribution in [-0.4, -0.2) is 14.7 Å². The first-order chi connectivity index (χ1) is 12.1. The Morgan fingerprint density at radius 2 is 1.88 bits per heavy atom. The molecule has 0 spiro atoms. The van der Waals surface area contributed by atoms with E-state index in [4.69, 9.17) is 10.7 Å². The lowest BCUT2D eigenvalue weighted by atomic mass is 9.99. The fourth-order valence-corrected chi connectivity index (χ4v) is 3.39. The van der Waals surface area contributed by atoms with Gasteiger partial charge in [0.2, 0.25) is 5.88 Å². The van der Waals surface area contributed by atoms with Gasteiger partial charge in [-0.15, -0.1) is 0 Å². The number of hydrogen-bond donors (Lipinski definition) is 2. The second kappa shape index (κ2) is 5.81. The van der Waals surface area contributed by atoms with Crippen LogP contribution in [-0.2, 0) is 6.54 Å². The number of nitrogens with zero attached hydrogens (tertiary/aromatic N) is 2. The van der Waals surface area contributed by atoms with Gasteiger partial charge in [0.25, 0.3) is 0 Å². The van der Waals surface area contributed by atoms with Crippen LogP contribution in [0, 0.1) is 6.92 Å². The van der Waals surface area contributed by atoms with Gasteiger partial charge in [-0.05, 0) is 18.9 Å². The Labute approximate surface area is 146 Å². The standard InChI is InChI=1S/C21H21N3O/c1-3-11-24-12-17-18(21(24)25)19(22)16-6-4-5-15(20(16)23-17)14-9-7-13(2)8-10-14/h4-10,12,25H,3,11,22H2,1-2H3. The molecule has 0 radical (unpaired) electrons. The Morgan fingerprint density at radius 3 is 2.60 bits per heavy atom. The third-order valence-electron chi connectivity index (χ3n) is 4.68. The van der Waals surface area contributed by atoms with Gasteiger partial charge >= 0.3 is 0 Å². The molecule has 0 aliphatic rings. The molecular formula is C21H21N3O. The van der Waals surface area contributed by atoms with Gasteiger partial charge in [-0.1, -0.05) is 55.0 Å². The molecule has 4 nitrogen and oxygen atoms in total. The van der Waals surface area contributed by atoms with E-state index in [1.54, 1.807) is 0 Å². The second-order valence-corrected chi connectivity index (χ2v) is 6.50. The van der Waals surface area contributed by atoms with E-state index in [0.717, 1.165) is 40.5 Å². The van der Waals surface area contributed by atoms with Gasteiger partial charge in [0, 0.05) is 23.7 Å². The number of rotatable bonds is 3. The largest absolute Gasteiger partial charge is 0.494 e. The number of nitrogen functional groups attached to an aromatic ring is 1. The number of aryl methyl sites for hydroxylation is 2. The Balaban J connectivity index is 2.04. The van der Waals surface area contributed by atoms with Crippen molar-refractivity contribution in [2.24, 2.45) is 0 Å². The third-order valence-corrected chi connectivity index (χ3v) is 4.68. The van der Waals surface area contributed by atoms with Crippen molar-refractivity contribution in [3.8, 4) is 17.0 Å². The molecule has 4 aromatic rings. The summed E-state index contributed by atoms with van der Waals surface area (Å²) in [5, 5.41) is 12.0. The van der Waals surface area contributed by atoms with Crippen molar-refractivity contribution in [3.63, 3.8) is 0 Å². The van der Waals surface area contributed by atoms with E-state index in [-0.39, 0.29) is 5.88 Å². The predicted molar refractivity (Wildman–Crippen MR) is 104 cm³/mol. The van der Waals surface area contributed by atoms with Gasteiger partial charge in [-0.3, -0.25) is 0 Å². The van der Waals surface area contributed by atoms with Crippen molar-refractivity contribution >= 4 is 27.5 Å². The molecule has 0 saturated carbocycles. The van der Waals surface area contributed by atoms with Crippen LogP contribution in [0.4, 0.5) is 5.69 Å². The van der Waals surface area contributed by atoms with Crippen molar-refractivity contribution < 1.29 is 5.11 Å². The lowest BCUT2D eigenvalue weighted by molar-refractivity contribution is 0.421. The molecule has 0 saturated heterocycles. The van der Waals surface area contributed by atoms with Crippen LogP contribution in [0.2, 0.25) is 0 Å². The van der Waals surface area contributed by atoms with Crippen LogP contribution in [0.25, 0.3) is 32.9 Å². The van der Waals surface area contributed by atoms with E-state index in [9.17, 15) is 5.11 Å². The number of fused-ring (bicyclic) bond motifs is 2. The van der Waals surface area contributed by atoms with Crippen molar-refractivity contribution in [3.05, 3.63) is 54.2 Å². The molecule has 0 fully saturated rings. The van der Waals surface area contributed by atoms with Crippen LogP contribution in [0.1, 0.15) is 18.9 Å². The number of para-hydroxylation sites is 1. The monoisotopic (exact) mass is 331 g/mol. The van der Waals surface area contributed by atoms with Gasteiger partial charge in [0.05, 0.1) is 22.1 Å². The summed E-state index contributed by atoms with van der Waals surface area (Å²) in [5.74, 6) is 0.199. The van der Waals surface area contributed by atoms with Gasteiger partial charge in [-0.25, -0.2) is 4.98 Å². The van der Waals surface area contributed by atoms with E-state index >= 15 is 0 Å². The number of pyridine rings is 1. The molecule has 0 aliphatic carbocycles. The summed E-state index contributed by atoms with van der Waals surface area (Å²) >= 11 is 0. The van der Waals surface area contributed by atoms with Gasteiger partial charge in [0.1, 0.15) is 0 Å². The molecule has 0 aliphatic heterocycles. The highest BCUT2D eigenvalue weighted by Crippen LogP contribution is 2.38. The van der Waals surface area contributed by atoms with Crippen LogP contribution in [0.5, 0.6) is 5.88 Å². The van der Waals surface area contributed by atoms with Crippen LogP contribution in [0.15, 0.2) is 48.7 Å². The lowest BCUT2D eigenvalue weighted by Crippen LogP contribution is -1.94. The molecule has 0 unspecified atom stereocenters. The fraction of sp³-hybridized carbons (Fsp3) is 0.190. The van der Waals surface area contributed by atoms with Crippen LogP contribution < -0.4 is 5.73 Å². The summed E-state index contributed by atoms with van der Waals surface area (Å²) in [6.45, 7) is 4.89. The Kier molecular flexibility index (Phi) is 3.61. The highest BCUT2D eigenvalue weighted by Gasteiger charge is 2.17. The molecule has 0 bridgehead atoms. The maximum atomic E-state index is 10.5. The molecule has 3 N–H and O–H groups in total. The minimum Gasteiger partial charge on any atom is -0.494 e. The molecule has 0 amide bonds. The minimum absolute atomic E-state index is 0.199. The zero-order valence-electron chi connectivity index (χ0n) is 14.5. The number of aromatic nitrogens is 2. The van der Waals surface area contributed by atoms with E-state index in [0.29, 0.717) is 11.1 Å². The highest BCUT2D eigenvalue weighted by atomic mass is 16.3. The Hall–Kier alpha value is -3.01. The van der Waals surface area contributed by atoms with Crippen molar-refractivity contribution in [1.82, 2.24) is 9.55 Å². The molecule has 2 aromatic heterocycles. The number of aromatic hydroxyl groups is 1. The molecule has 0 atom stereocenters. The average Bonchev–Trinajstić information content (AvgIpc) is 2.92. The zero-order valence-corrected chi connectivity index (χ0v) is 14.5. The molecular weight excluding hydrogens is 310 g/mol. The van der Waals surface area contributed by atoms with Crippen molar-refractivity contribution in [1.29, 1.82) is 0 Å². The SMILES string of the molecule is CCCn1cc2nc3c(-c4ccc(C)cc4)cccc3c(N)c2c1O. The van der Waals surface area contributed by atoms with E-state index in [1.165, 1.54) is 5.56 Å². The summed E-state index contributed by atoms with van der Waals surface area (Å²) in [4.78, 5) is 4.84. The average molecular weight is 331 g/mol. The smallest absolute Gasteiger partial charge is 0.202 e. The predicted octanol–water partition coefficient (Wildman–Crippen LogP) is 4.86. The molecule has 25 heavy (non-hydrogen) atoms. The lowest BCUT2D eigenvalue weighted by Gasteiger charge is -2.09. The van der Waals surface area contributed by atoms with E-state index in [1.807, 2.05) is 22.9 Å². The Morgan fingerprint density at radius 1 is 1.12 bits per heavy atom. The summed E-state index contributed by atoms with van der Waals surface area (Å²) in [7, 11) is 0. The normalized spacial score (nSPS) is 11.4. The third kappa shape index (κ3) is 2.41. The second-order valence-electron chi connectivity index (χ2n) is 6.50. The number of nitrogens with two attached hydrogens (primary N) is 1. The first-order valence-electron chi connectivity index (χ1n) is 8.57. The van der Waals surface area contributed by atoms with Crippen molar-refractivity contribution in [2.75, 3.05) is 5.73 Å². The summed E-state index contributed by atoms with van der Waals surface area (Å²) in [6.07, 6.45) is 2.82. The topological polar surface area (TPSA) is 64.1 Å². The molecule has 4 heteroatoms. The van der Waals surface area contributed by atoms with Crippen molar-refractivity contribution in [2.45, 2.75) is 26.8 Å². The fourth-order valence-electron chi connectivity index (χ4n) is 3.39. The molecule has 2 aromatic carbocycles. The van der Waals surface area contributed by atoms with Crippen LogP contribution >= 0.6 is 0 Å². The summed E-state index contributed by atoms with van der Waals surface area (Å²) in [5.41, 5.74) is 12.0. The number of anilines is 1. The maximum Gasteiger partial charge on any atom is 0.202 e. The molecule has 4 rings (SSSR count). The summed E-state index contributed by atoms with van der Waals surface area (Å²) < 4.78 is 1.82. The van der Waals surface area contributed by atoms with Gasteiger partial charge < -0.3 is 15.4 Å². The molecule has 2 heterocycles. The molecule has 126 valence electrons. The quantitative estimate of drug-likeness (QED) is 0.563. The minimum atomic E-state index is 0.199.